The van der Waals surface area contributed by atoms with Crippen molar-refractivity contribution in [2.24, 2.45) is 5.92 Å². The molecular formula is C27H35FN6O3. The minimum Gasteiger partial charge on any atom is -0.481 e. The molecule has 0 unspecified atom stereocenters. The summed E-state index contributed by atoms with van der Waals surface area (Å²) in [7, 11) is 1.46. The Labute approximate surface area is 215 Å². The number of piperidine rings is 1. The average molecular weight is 511 g/mol. The van der Waals surface area contributed by atoms with Gasteiger partial charge in [0.25, 0.3) is 5.91 Å². The standard InChI is InChI=1S/C27H35FN6O3/c1-37-23-13-19(20(28)16-29-23)21-14-22(33-32-21)25(36)34-12-5-17(15-27(34)9-10-27)24(35)31-18-3-7-26(8-4-18)6-2-11-30-26/h13-14,16-18,30H,2-12,15H2,1H3,(H,31,35)(H,32,33)/t17-,18?,26?/m0/s1. The van der Waals surface area contributed by atoms with Crippen LogP contribution in [0.25, 0.3) is 11.3 Å². The molecule has 2 aliphatic carbocycles. The van der Waals surface area contributed by atoms with E-state index < -0.39 is 5.82 Å². The molecule has 9 nitrogen and oxygen atoms in total. The Kier molecular flexibility index (Phi) is 6.17. The number of aromatic amines is 1. The van der Waals surface area contributed by atoms with Gasteiger partial charge in [-0.1, -0.05) is 0 Å². The molecule has 4 heterocycles. The summed E-state index contributed by atoms with van der Waals surface area (Å²) in [6.07, 6.45) is 11.1. The van der Waals surface area contributed by atoms with Crippen molar-refractivity contribution in [1.29, 1.82) is 0 Å². The number of H-pyrrole nitrogens is 1. The number of nitrogens with zero attached hydrogens (tertiary/aromatic N) is 3. The summed E-state index contributed by atoms with van der Waals surface area (Å²) >= 11 is 0. The van der Waals surface area contributed by atoms with Gasteiger partial charge in [0.1, 0.15) is 5.69 Å². The molecule has 4 fully saturated rings. The van der Waals surface area contributed by atoms with Crippen molar-refractivity contribution in [2.75, 3.05) is 20.2 Å². The minimum absolute atomic E-state index is 0.0669. The molecule has 0 radical (unpaired) electrons. The zero-order valence-corrected chi connectivity index (χ0v) is 21.3. The van der Waals surface area contributed by atoms with Crippen molar-refractivity contribution in [1.82, 2.24) is 30.7 Å². The molecule has 2 amide bonds. The second kappa shape index (κ2) is 9.38. The van der Waals surface area contributed by atoms with Crippen LogP contribution in [0.5, 0.6) is 5.88 Å². The molecule has 2 aromatic rings. The van der Waals surface area contributed by atoms with Crippen molar-refractivity contribution in [3.8, 4) is 17.1 Å². The number of pyridine rings is 1. The number of methoxy groups -OCH3 is 1. The van der Waals surface area contributed by atoms with E-state index in [1.165, 1.54) is 26.0 Å². The van der Waals surface area contributed by atoms with E-state index in [1.807, 2.05) is 4.90 Å². The molecular weight excluding hydrogens is 475 g/mol. The second-order valence-corrected chi connectivity index (χ2v) is 11.3. The normalized spacial score (nSPS) is 28.4. The van der Waals surface area contributed by atoms with E-state index >= 15 is 0 Å². The van der Waals surface area contributed by atoms with Crippen molar-refractivity contribution in [2.45, 2.75) is 81.3 Å². The third-order valence-electron chi connectivity index (χ3n) is 9.09. The van der Waals surface area contributed by atoms with Crippen molar-refractivity contribution in [3.63, 3.8) is 0 Å². The lowest BCUT2D eigenvalue weighted by Crippen LogP contribution is -2.53. The molecule has 2 saturated heterocycles. The number of nitrogens with one attached hydrogen (secondary N) is 3. The van der Waals surface area contributed by atoms with Crippen LogP contribution in [0.2, 0.25) is 0 Å². The molecule has 6 rings (SSSR count). The van der Waals surface area contributed by atoms with E-state index in [0.29, 0.717) is 36.3 Å². The van der Waals surface area contributed by atoms with Crippen LogP contribution in [0, 0.1) is 11.7 Å². The molecule has 2 saturated carbocycles. The zero-order valence-electron chi connectivity index (χ0n) is 21.3. The molecule has 1 atom stereocenters. The molecule has 2 aliphatic heterocycles. The number of halogens is 1. The molecule has 198 valence electrons. The highest BCUT2D eigenvalue weighted by molar-refractivity contribution is 5.94. The van der Waals surface area contributed by atoms with Gasteiger partial charge in [-0.2, -0.15) is 5.10 Å². The highest BCUT2D eigenvalue weighted by atomic mass is 19.1. The van der Waals surface area contributed by atoms with Gasteiger partial charge in [-0.25, -0.2) is 9.37 Å². The smallest absolute Gasteiger partial charge is 0.272 e. The summed E-state index contributed by atoms with van der Waals surface area (Å²) in [6, 6.07) is 3.29. The monoisotopic (exact) mass is 510 g/mol. The molecule has 4 aliphatic rings. The number of hydrogen-bond donors (Lipinski definition) is 3. The van der Waals surface area contributed by atoms with Gasteiger partial charge in [0.2, 0.25) is 11.8 Å². The minimum atomic E-state index is -0.538. The van der Waals surface area contributed by atoms with Crippen LogP contribution in [0.15, 0.2) is 18.3 Å². The lowest BCUT2D eigenvalue weighted by molar-refractivity contribution is -0.128. The third-order valence-corrected chi connectivity index (χ3v) is 9.09. The van der Waals surface area contributed by atoms with Crippen LogP contribution in [0.3, 0.4) is 0 Å². The number of carbonyl (C=O) groups excluding carboxylic acids is 2. The van der Waals surface area contributed by atoms with Crippen LogP contribution in [0.1, 0.15) is 74.7 Å². The average Bonchev–Trinajstić information content (AvgIpc) is 3.30. The Hall–Kier alpha value is -3.01. The topological polar surface area (TPSA) is 112 Å². The Morgan fingerprint density at radius 2 is 1.97 bits per heavy atom. The van der Waals surface area contributed by atoms with Gasteiger partial charge >= 0.3 is 0 Å². The number of hydrogen-bond acceptors (Lipinski definition) is 6. The lowest BCUT2D eigenvalue weighted by Gasteiger charge is -2.41. The summed E-state index contributed by atoms with van der Waals surface area (Å²) in [5, 5.41) is 14.0. The molecule has 3 N–H and O–H groups in total. The van der Waals surface area contributed by atoms with Gasteiger partial charge in [0.05, 0.1) is 19.0 Å². The van der Waals surface area contributed by atoms with E-state index in [2.05, 4.69) is 25.8 Å². The maximum Gasteiger partial charge on any atom is 0.272 e. The predicted molar refractivity (Wildman–Crippen MR) is 134 cm³/mol. The Bertz CT molecular complexity index is 1180. The highest BCUT2D eigenvalue weighted by Gasteiger charge is 2.54. The Morgan fingerprint density at radius 3 is 2.68 bits per heavy atom. The third kappa shape index (κ3) is 4.60. The van der Waals surface area contributed by atoms with E-state index in [4.69, 9.17) is 4.74 Å². The van der Waals surface area contributed by atoms with Crippen LogP contribution in [-0.2, 0) is 4.79 Å². The van der Waals surface area contributed by atoms with Gasteiger partial charge in [-0.15, -0.1) is 0 Å². The zero-order chi connectivity index (χ0) is 25.6. The largest absolute Gasteiger partial charge is 0.481 e. The van der Waals surface area contributed by atoms with Crippen LogP contribution in [0.4, 0.5) is 4.39 Å². The number of amides is 2. The quantitative estimate of drug-likeness (QED) is 0.570. The first-order valence-electron chi connectivity index (χ1n) is 13.5. The number of carbonyl (C=O) groups is 2. The Balaban J connectivity index is 1.08. The first-order chi connectivity index (χ1) is 17.9. The van der Waals surface area contributed by atoms with Crippen LogP contribution >= 0.6 is 0 Å². The first kappa shape index (κ1) is 24.3. The maximum atomic E-state index is 14.3. The number of likely N-dealkylation sites (tertiary alicyclic amines) is 1. The maximum absolute atomic E-state index is 14.3. The summed E-state index contributed by atoms with van der Waals surface area (Å²) in [4.78, 5) is 32.4. The number of aromatic nitrogens is 3. The van der Waals surface area contributed by atoms with Crippen molar-refractivity contribution < 1.29 is 18.7 Å². The van der Waals surface area contributed by atoms with E-state index in [0.717, 1.165) is 51.3 Å². The van der Waals surface area contributed by atoms with Gasteiger partial charge in [-0.3, -0.25) is 14.7 Å². The number of ether oxygens (including phenoxy) is 1. The molecule has 2 spiro atoms. The van der Waals surface area contributed by atoms with Crippen molar-refractivity contribution >= 4 is 11.8 Å². The lowest BCUT2D eigenvalue weighted by atomic mass is 9.78. The fourth-order valence-corrected chi connectivity index (χ4v) is 6.72. The fourth-order valence-electron chi connectivity index (χ4n) is 6.72. The number of rotatable bonds is 5. The SMILES string of the molecule is COc1cc(-c2cc(C(=O)N3CC[C@H](C(=O)NC4CCC5(CCCN5)CC4)CC34CC4)[nH]n2)c(F)cn1. The van der Waals surface area contributed by atoms with Gasteiger partial charge in [0, 0.05) is 41.2 Å². The van der Waals surface area contributed by atoms with Gasteiger partial charge < -0.3 is 20.3 Å². The highest BCUT2D eigenvalue weighted by Crippen LogP contribution is 2.50. The van der Waals surface area contributed by atoms with Crippen molar-refractivity contribution in [3.05, 3.63) is 29.8 Å². The molecule has 0 aromatic carbocycles. The van der Waals surface area contributed by atoms with E-state index in [1.54, 1.807) is 6.07 Å². The van der Waals surface area contributed by atoms with Gasteiger partial charge in [0.15, 0.2) is 5.82 Å². The van der Waals surface area contributed by atoms with E-state index in [-0.39, 0.29) is 40.8 Å². The first-order valence-corrected chi connectivity index (χ1v) is 13.5. The summed E-state index contributed by atoms with van der Waals surface area (Å²) in [5.41, 5.74) is 0.903. The predicted octanol–water partition coefficient (Wildman–Crippen LogP) is 3.19. The molecule has 10 heteroatoms. The van der Waals surface area contributed by atoms with E-state index in [9.17, 15) is 14.0 Å². The van der Waals surface area contributed by atoms with Crippen LogP contribution < -0.4 is 15.4 Å². The molecule has 37 heavy (non-hydrogen) atoms. The summed E-state index contributed by atoms with van der Waals surface area (Å²) in [6.45, 7) is 1.64. The van der Waals surface area contributed by atoms with Gasteiger partial charge in [-0.05, 0) is 76.8 Å². The van der Waals surface area contributed by atoms with Crippen LogP contribution in [-0.4, -0.2) is 69.2 Å². The Morgan fingerprint density at radius 1 is 1.16 bits per heavy atom. The fraction of sp³-hybridized carbons (Fsp3) is 0.630. The second-order valence-electron chi connectivity index (χ2n) is 11.3. The summed E-state index contributed by atoms with van der Waals surface area (Å²) in [5.74, 6) is -0.345. The molecule has 0 bridgehead atoms. The summed E-state index contributed by atoms with van der Waals surface area (Å²) < 4.78 is 19.4. The molecule has 2 aromatic heterocycles.